The number of rotatable bonds is 4. The van der Waals surface area contributed by atoms with Gasteiger partial charge in [-0.2, -0.15) is 15.6 Å². The number of carboxylic acids is 1. The topological polar surface area (TPSA) is 118 Å². The lowest BCUT2D eigenvalue weighted by atomic mass is 10.1. The third kappa shape index (κ3) is 3.17. The molecule has 1 aromatic carbocycles. The number of hydrogen-bond donors (Lipinski definition) is 2. The maximum atomic E-state index is 13.4. The Morgan fingerprint density at radius 1 is 1.47 bits per heavy atom. The maximum absolute atomic E-state index is 13.4. The van der Waals surface area contributed by atoms with Gasteiger partial charge < -0.3 is 9.84 Å². The summed E-state index contributed by atoms with van der Waals surface area (Å²) in [5.74, 6) is -2.39. The molecule has 0 aliphatic heterocycles. The van der Waals surface area contributed by atoms with Crippen LogP contribution < -0.4 is 10.2 Å². The summed E-state index contributed by atoms with van der Waals surface area (Å²) in [7, 11) is 1.19. The van der Waals surface area contributed by atoms with Crippen molar-refractivity contribution in [3.63, 3.8) is 0 Å². The number of methoxy groups -OCH3 is 1. The molecule has 0 saturated heterocycles. The molecule has 0 bridgehead atoms. The second-order valence-corrected chi connectivity index (χ2v) is 3.13. The van der Waals surface area contributed by atoms with E-state index in [2.05, 4.69) is 15.3 Å². The molecule has 0 atom stereocenters. The molecule has 0 heterocycles. The third-order valence-electron chi connectivity index (χ3n) is 2.02. The van der Waals surface area contributed by atoms with Crippen LogP contribution in [-0.2, 0) is 0 Å². The fraction of sp³-hybridized carbons (Fsp3) is 0.0909. The summed E-state index contributed by atoms with van der Waals surface area (Å²) in [4.78, 5) is 11.0. The Kier molecular flexibility index (Phi) is 4.39. The molecule has 1 aromatic rings. The predicted molar refractivity (Wildman–Crippen MR) is 62.2 cm³/mol. The Labute approximate surface area is 107 Å². The van der Waals surface area contributed by atoms with Crippen LogP contribution in [0.4, 0.5) is 10.1 Å². The lowest BCUT2D eigenvalue weighted by Crippen LogP contribution is -2.06. The summed E-state index contributed by atoms with van der Waals surface area (Å²) < 4.78 is 18.1. The number of ether oxygens (including phenoxy) is 1. The van der Waals surface area contributed by atoms with Crippen molar-refractivity contribution in [3.8, 4) is 17.9 Å². The largest absolute Gasteiger partial charge is 0.494 e. The van der Waals surface area contributed by atoms with Crippen LogP contribution in [0, 0.1) is 28.5 Å². The number of benzene rings is 1. The Bertz CT molecular complexity index is 612. The standard InChI is InChI=1S/C11H7FN4O3/c1-19-10-2-7(11(17)18)9(3-8(10)12)16-15-6(4-13)5-14/h2-3,16H,1H3,(H,17,18). The zero-order chi connectivity index (χ0) is 14.4. The molecule has 0 radical (unpaired) electrons. The lowest BCUT2D eigenvalue weighted by Gasteiger charge is -2.08. The number of carboxylic acid groups (broad SMARTS) is 1. The van der Waals surface area contributed by atoms with Crippen LogP contribution in [0.2, 0.25) is 0 Å². The molecule has 7 nitrogen and oxygen atoms in total. The molecular weight excluding hydrogens is 255 g/mol. The number of nitrogens with zero attached hydrogens (tertiary/aromatic N) is 3. The van der Waals surface area contributed by atoms with Crippen LogP contribution >= 0.6 is 0 Å². The first kappa shape index (κ1) is 13.9. The molecule has 0 aliphatic rings. The molecule has 2 N–H and O–H groups in total. The average Bonchev–Trinajstić information content (AvgIpc) is 2.39. The minimum atomic E-state index is -1.34. The molecule has 0 saturated carbocycles. The molecule has 0 unspecified atom stereocenters. The van der Waals surface area contributed by atoms with Crippen molar-refractivity contribution in [3.05, 3.63) is 23.5 Å². The van der Waals surface area contributed by atoms with Gasteiger partial charge in [-0.05, 0) is 6.07 Å². The maximum Gasteiger partial charge on any atom is 0.338 e. The number of hydrogen-bond acceptors (Lipinski definition) is 6. The fourth-order valence-corrected chi connectivity index (χ4v) is 1.17. The van der Waals surface area contributed by atoms with E-state index in [0.717, 1.165) is 12.1 Å². The highest BCUT2D eigenvalue weighted by atomic mass is 19.1. The molecule has 0 aliphatic carbocycles. The summed E-state index contributed by atoms with van der Waals surface area (Å²) in [5, 5.41) is 29.2. The van der Waals surface area contributed by atoms with Crippen LogP contribution in [0.5, 0.6) is 5.75 Å². The zero-order valence-corrected chi connectivity index (χ0v) is 9.64. The fourth-order valence-electron chi connectivity index (χ4n) is 1.17. The van der Waals surface area contributed by atoms with Gasteiger partial charge in [0.15, 0.2) is 11.6 Å². The third-order valence-corrected chi connectivity index (χ3v) is 2.02. The van der Waals surface area contributed by atoms with E-state index in [0.29, 0.717) is 0 Å². The van der Waals surface area contributed by atoms with Crippen molar-refractivity contribution >= 4 is 17.4 Å². The van der Waals surface area contributed by atoms with Gasteiger partial charge in [-0.25, -0.2) is 9.18 Å². The quantitative estimate of drug-likeness (QED) is 0.624. The number of nitrogens with one attached hydrogen (secondary N) is 1. The van der Waals surface area contributed by atoms with Crippen molar-refractivity contribution in [2.24, 2.45) is 5.10 Å². The minimum Gasteiger partial charge on any atom is -0.494 e. The molecular formula is C11H7FN4O3. The van der Waals surface area contributed by atoms with E-state index >= 15 is 0 Å². The molecule has 0 fully saturated rings. The van der Waals surface area contributed by atoms with E-state index in [1.165, 1.54) is 19.2 Å². The molecule has 19 heavy (non-hydrogen) atoms. The Balaban J connectivity index is 3.25. The second-order valence-electron chi connectivity index (χ2n) is 3.13. The molecule has 8 heteroatoms. The van der Waals surface area contributed by atoms with Crippen LogP contribution in [0.25, 0.3) is 0 Å². The summed E-state index contributed by atoms with van der Waals surface area (Å²) >= 11 is 0. The van der Waals surface area contributed by atoms with Gasteiger partial charge in [-0.3, -0.25) is 5.43 Å². The van der Waals surface area contributed by atoms with E-state index in [1.807, 2.05) is 0 Å². The van der Waals surface area contributed by atoms with Gasteiger partial charge in [0.2, 0.25) is 5.71 Å². The highest BCUT2D eigenvalue weighted by Crippen LogP contribution is 2.26. The van der Waals surface area contributed by atoms with Gasteiger partial charge in [-0.1, -0.05) is 0 Å². The highest BCUT2D eigenvalue weighted by Gasteiger charge is 2.15. The van der Waals surface area contributed by atoms with Gasteiger partial charge in [0.05, 0.1) is 18.4 Å². The normalized spacial score (nSPS) is 8.84. The first-order chi connectivity index (χ1) is 9.03. The minimum absolute atomic E-state index is 0.200. The van der Waals surface area contributed by atoms with Crippen molar-refractivity contribution in [2.75, 3.05) is 12.5 Å². The highest BCUT2D eigenvalue weighted by molar-refractivity contribution is 6.10. The van der Waals surface area contributed by atoms with Gasteiger partial charge in [0.1, 0.15) is 12.1 Å². The predicted octanol–water partition coefficient (Wildman–Crippen LogP) is 1.35. The number of carbonyl (C=O) groups is 1. The number of hydrazone groups is 1. The first-order valence-corrected chi connectivity index (χ1v) is 4.78. The monoisotopic (exact) mass is 262 g/mol. The Morgan fingerprint density at radius 3 is 2.58 bits per heavy atom. The number of aromatic carboxylic acids is 1. The summed E-state index contributed by atoms with van der Waals surface area (Å²) in [5.41, 5.74) is 1.13. The Hall–Kier alpha value is -3.13. The van der Waals surface area contributed by atoms with Crippen LogP contribution in [0.1, 0.15) is 10.4 Å². The molecule has 96 valence electrons. The van der Waals surface area contributed by atoms with E-state index in [4.69, 9.17) is 15.6 Å². The van der Waals surface area contributed by atoms with Gasteiger partial charge in [0.25, 0.3) is 0 Å². The summed E-state index contributed by atoms with van der Waals surface area (Å²) in [6.45, 7) is 0. The van der Waals surface area contributed by atoms with Crippen molar-refractivity contribution < 1.29 is 19.0 Å². The number of anilines is 1. The molecule has 1 rings (SSSR count). The van der Waals surface area contributed by atoms with Crippen molar-refractivity contribution in [1.29, 1.82) is 10.5 Å². The van der Waals surface area contributed by atoms with Crippen LogP contribution in [0.15, 0.2) is 17.2 Å². The summed E-state index contributed by atoms with van der Waals surface area (Å²) in [6.07, 6.45) is 0. The molecule has 0 amide bonds. The Morgan fingerprint density at radius 2 is 2.11 bits per heavy atom. The van der Waals surface area contributed by atoms with E-state index in [9.17, 15) is 9.18 Å². The molecule has 0 aromatic heterocycles. The van der Waals surface area contributed by atoms with Crippen molar-refractivity contribution in [2.45, 2.75) is 0 Å². The van der Waals surface area contributed by atoms with Crippen molar-refractivity contribution in [1.82, 2.24) is 0 Å². The first-order valence-electron chi connectivity index (χ1n) is 4.78. The van der Waals surface area contributed by atoms with Gasteiger partial charge in [-0.15, -0.1) is 0 Å². The summed E-state index contributed by atoms with van der Waals surface area (Å²) in [6, 6.07) is 4.75. The number of halogens is 1. The van der Waals surface area contributed by atoms with Crippen LogP contribution in [0.3, 0.4) is 0 Å². The smallest absolute Gasteiger partial charge is 0.338 e. The van der Waals surface area contributed by atoms with Gasteiger partial charge >= 0.3 is 5.97 Å². The second kappa shape index (κ2) is 5.98. The van der Waals surface area contributed by atoms with E-state index < -0.39 is 17.5 Å². The average molecular weight is 262 g/mol. The van der Waals surface area contributed by atoms with E-state index in [1.54, 1.807) is 0 Å². The SMILES string of the molecule is COc1cc(C(=O)O)c(NN=C(C#N)C#N)cc1F. The van der Waals surface area contributed by atoms with Gasteiger partial charge in [0, 0.05) is 6.07 Å². The lowest BCUT2D eigenvalue weighted by molar-refractivity contribution is 0.0697. The van der Waals surface area contributed by atoms with Crippen LogP contribution in [-0.4, -0.2) is 23.9 Å². The number of nitriles is 2. The zero-order valence-electron chi connectivity index (χ0n) is 9.64. The molecule has 0 spiro atoms. The van der Waals surface area contributed by atoms with E-state index in [-0.39, 0.29) is 17.0 Å².